The number of H-pyrrole nitrogens is 1. The maximum Gasteiger partial charge on any atom is 0.224 e. The average molecular weight is 258 g/mol. The lowest BCUT2D eigenvalue weighted by atomic mass is 10.3. The lowest BCUT2D eigenvalue weighted by Gasteiger charge is -2.08. The molecule has 3 aromatic heterocycles. The van der Waals surface area contributed by atoms with E-state index in [-0.39, 0.29) is 5.95 Å². The van der Waals surface area contributed by atoms with Crippen LogP contribution in [0.2, 0.25) is 0 Å². The van der Waals surface area contributed by atoms with Crippen molar-refractivity contribution in [2.24, 2.45) is 0 Å². The standard InChI is InChI=1S/C11H14N8/c1-2-19-6-13-3-7(19)4-14-9-8-5-15-18-10(8)17-11(12)16-9/h3,5-6H,2,4H2,1H3,(H4,12,14,15,16,17,18). The number of aromatic nitrogens is 6. The highest BCUT2D eigenvalue weighted by molar-refractivity contribution is 5.86. The Morgan fingerprint density at radius 3 is 3.11 bits per heavy atom. The van der Waals surface area contributed by atoms with Crippen molar-refractivity contribution in [2.75, 3.05) is 11.1 Å². The molecule has 0 spiro atoms. The monoisotopic (exact) mass is 258 g/mol. The van der Waals surface area contributed by atoms with Crippen molar-refractivity contribution in [3.8, 4) is 0 Å². The number of imidazole rings is 1. The Balaban J connectivity index is 1.87. The van der Waals surface area contributed by atoms with E-state index in [4.69, 9.17) is 5.73 Å². The highest BCUT2D eigenvalue weighted by atomic mass is 15.2. The van der Waals surface area contributed by atoms with Gasteiger partial charge >= 0.3 is 0 Å². The van der Waals surface area contributed by atoms with E-state index in [9.17, 15) is 0 Å². The highest BCUT2D eigenvalue weighted by Crippen LogP contribution is 2.19. The number of nitrogens with one attached hydrogen (secondary N) is 2. The minimum Gasteiger partial charge on any atom is -0.368 e. The van der Waals surface area contributed by atoms with Gasteiger partial charge in [-0.05, 0) is 6.92 Å². The number of anilines is 2. The second-order valence-corrected chi connectivity index (χ2v) is 4.09. The fourth-order valence-corrected chi connectivity index (χ4v) is 1.94. The van der Waals surface area contributed by atoms with Gasteiger partial charge in [0.1, 0.15) is 5.82 Å². The third kappa shape index (κ3) is 2.07. The third-order valence-electron chi connectivity index (χ3n) is 2.90. The minimum atomic E-state index is 0.211. The van der Waals surface area contributed by atoms with E-state index in [0.717, 1.165) is 17.6 Å². The number of hydrogen-bond acceptors (Lipinski definition) is 6. The molecule has 4 N–H and O–H groups in total. The summed E-state index contributed by atoms with van der Waals surface area (Å²) in [7, 11) is 0. The molecule has 98 valence electrons. The quantitative estimate of drug-likeness (QED) is 0.637. The molecule has 0 saturated heterocycles. The predicted molar refractivity (Wildman–Crippen MR) is 71.3 cm³/mol. The summed E-state index contributed by atoms with van der Waals surface area (Å²) >= 11 is 0. The van der Waals surface area contributed by atoms with Crippen molar-refractivity contribution in [2.45, 2.75) is 20.0 Å². The van der Waals surface area contributed by atoms with Gasteiger partial charge in [0.15, 0.2) is 5.65 Å². The lowest BCUT2D eigenvalue weighted by Crippen LogP contribution is -2.08. The molecule has 0 fully saturated rings. The number of nitrogen functional groups attached to an aromatic ring is 1. The van der Waals surface area contributed by atoms with Crippen LogP contribution < -0.4 is 11.1 Å². The molecule has 3 rings (SSSR count). The molecule has 0 unspecified atom stereocenters. The third-order valence-corrected chi connectivity index (χ3v) is 2.90. The molecule has 0 atom stereocenters. The second kappa shape index (κ2) is 4.56. The Kier molecular flexibility index (Phi) is 2.75. The van der Waals surface area contributed by atoms with E-state index in [2.05, 4.69) is 42.0 Å². The van der Waals surface area contributed by atoms with Crippen LogP contribution in [0.1, 0.15) is 12.6 Å². The number of aryl methyl sites for hydroxylation is 1. The summed E-state index contributed by atoms with van der Waals surface area (Å²) in [6.07, 6.45) is 5.31. The molecular formula is C11H14N8. The van der Waals surface area contributed by atoms with Crippen LogP contribution in [0.5, 0.6) is 0 Å². The number of aromatic amines is 1. The van der Waals surface area contributed by atoms with Crippen molar-refractivity contribution < 1.29 is 0 Å². The Hall–Kier alpha value is -2.64. The molecule has 0 radical (unpaired) electrons. The van der Waals surface area contributed by atoms with Crippen LogP contribution in [0.3, 0.4) is 0 Å². The second-order valence-electron chi connectivity index (χ2n) is 4.09. The van der Waals surface area contributed by atoms with Gasteiger partial charge in [0, 0.05) is 12.7 Å². The maximum atomic E-state index is 5.66. The fourth-order valence-electron chi connectivity index (χ4n) is 1.94. The van der Waals surface area contributed by atoms with Crippen LogP contribution in [0, 0.1) is 0 Å². The Morgan fingerprint density at radius 2 is 2.26 bits per heavy atom. The molecule has 0 amide bonds. The molecule has 0 aliphatic carbocycles. The first-order valence-electron chi connectivity index (χ1n) is 5.97. The number of nitrogens with zero attached hydrogens (tertiary/aromatic N) is 5. The summed E-state index contributed by atoms with van der Waals surface area (Å²) < 4.78 is 2.06. The first kappa shape index (κ1) is 11.5. The predicted octanol–water partition coefficient (Wildman–Crippen LogP) is 0.764. The zero-order valence-corrected chi connectivity index (χ0v) is 10.5. The summed E-state index contributed by atoms with van der Waals surface area (Å²) in [6, 6.07) is 0. The fraction of sp³-hybridized carbons (Fsp3) is 0.273. The Labute approximate surface area is 109 Å². The van der Waals surface area contributed by atoms with Crippen LogP contribution in [0.25, 0.3) is 11.0 Å². The van der Waals surface area contributed by atoms with E-state index in [1.54, 1.807) is 12.5 Å². The molecule has 0 saturated carbocycles. The van der Waals surface area contributed by atoms with Gasteiger partial charge in [-0.1, -0.05) is 0 Å². The molecule has 19 heavy (non-hydrogen) atoms. The molecule has 8 heteroatoms. The van der Waals surface area contributed by atoms with Gasteiger partial charge in [-0.2, -0.15) is 15.1 Å². The summed E-state index contributed by atoms with van der Waals surface area (Å²) in [5.41, 5.74) is 7.37. The van der Waals surface area contributed by atoms with Gasteiger partial charge < -0.3 is 15.6 Å². The number of fused-ring (bicyclic) bond motifs is 1. The molecule has 3 heterocycles. The molecule has 0 aromatic carbocycles. The van der Waals surface area contributed by atoms with Crippen molar-refractivity contribution >= 4 is 22.8 Å². The zero-order valence-electron chi connectivity index (χ0n) is 10.5. The van der Waals surface area contributed by atoms with E-state index in [0.29, 0.717) is 18.0 Å². The first-order valence-corrected chi connectivity index (χ1v) is 5.97. The van der Waals surface area contributed by atoms with E-state index in [1.807, 2.05) is 6.20 Å². The van der Waals surface area contributed by atoms with Crippen LogP contribution in [0.15, 0.2) is 18.7 Å². The van der Waals surface area contributed by atoms with Crippen molar-refractivity contribution in [3.05, 3.63) is 24.4 Å². The molecule has 3 aromatic rings. The van der Waals surface area contributed by atoms with E-state index in [1.165, 1.54) is 0 Å². The summed E-state index contributed by atoms with van der Waals surface area (Å²) in [5, 5.41) is 10.8. The van der Waals surface area contributed by atoms with E-state index >= 15 is 0 Å². The van der Waals surface area contributed by atoms with Gasteiger partial charge in [0.25, 0.3) is 0 Å². The van der Waals surface area contributed by atoms with Gasteiger partial charge in [-0.15, -0.1) is 0 Å². The lowest BCUT2D eigenvalue weighted by molar-refractivity contribution is 0.719. The molecule has 0 bridgehead atoms. The van der Waals surface area contributed by atoms with Crippen LogP contribution in [-0.2, 0) is 13.1 Å². The van der Waals surface area contributed by atoms with Crippen molar-refractivity contribution in [3.63, 3.8) is 0 Å². The Bertz CT molecular complexity index is 698. The van der Waals surface area contributed by atoms with Crippen LogP contribution in [0.4, 0.5) is 11.8 Å². The van der Waals surface area contributed by atoms with Gasteiger partial charge in [-0.3, -0.25) is 5.10 Å². The normalized spacial score (nSPS) is 11.0. The molecule has 8 nitrogen and oxygen atoms in total. The average Bonchev–Trinajstić information content (AvgIpc) is 3.03. The number of nitrogens with two attached hydrogens (primary N) is 1. The zero-order chi connectivity index (χ0) is 13.2. The molecule has 0 aliphatic rings. The smallest absolute Gasteiger partial charge is 0.224 e. The van der Waals surface area contributed by atoms with Crippen LogP contribution in [-0.4, -0.2) is 29.7 Å². The topological polar surface area (TPSA) is 110 Å². The largest absolute Gasteiger partial charge is 0.368 e. The number of rotatable bonds is 4. The molecular weight excluding hydrogens is 244 g/mol. The summed E-state index contributed by atoms with van der Waals surface area (Å²) in [4.78, 5) is 12.4. The molecule has 0 aliphatic heterocycles. The number of hydrogen-bond donors (Lipinski definition) is 3. The maximum absolute atomic E-state index is 5.66. The van der Waals surface area contributed by atoms with E-state index < -0.39 is 0 Å². The van der Waals surface area contributed by atoms with Crippen LogP contribution >= 0.6 is 0 Å². The van der Waals surface area contributed by atoms with Crippen molar-refractivity contribution in [1.82, 2.24) is 29.7 Å². The summed E-state index contributed by atoms with van der Waals surface area (Å²) in [5.74, 6) is 0.878. The Morgan fingerprint density at radius 1 is 1.37 bits per heavy atom. The SMILES string of the molecule is CCn1cncc1CNc1nc(N)nc2[nH]ncc12. The highest BCUT2D eigenvalue weighted by Gasteiger charge is 2.08. The van der Waals surface area contributed by atoms with Crippen molar-refractivity contribution in [1.29, 1.82) is 0 Å². The van der Waals surface area contributed by atoms with Gasteiger partial charge in [0.05, 0.1) is 30.1 Å². The van der Waals surface area contributed by atoms with Gasteiger partial charge in [-0.25, -0.2) is 4.98 Å². The van der Waals surface area contributed by atoms with Gasteiger partial charge in [0.2, 0.25) is 5.95 Å². The first-order chi connectivity index (χ1) is 9.28. The summed E-state index contributed by atoms with van der Waals surface area (Å²) in [6.45, 7) is 3.57. The minimum absolute atomic E-state index is 0.211.